The van der Waals surface area contributed by atoms with Crippen LogP contribution < -0.4 is 11.5 Å². The molecule has 3 rings (SSSR count). The lowest BCUT2D eigenvalue weighted by molar-refractivity contribution is 0.876. The topological polar surface area (TPSA) is 129 Å². The zero-order valence-corrected chi connectivity index (χ0v) is 10.3. The molecule has 0 atom stereocenters. The Hall–Kier alpha value is -3.16. The first-order valence-corrected chi connectivity index (χ1v) is 5.73. The van der Waals surface area contributed by atoms with Crippen LogP contribution >= 0.6 is 0 Å². The summed E-state index contributed by atoms with van der Waals surface area (Å²) in [5.41, 5.74) is 13.8. The summed E-state index contributed by atoms with van der Waals surface area (Å²) in [6.45, 7) is 0. The molecule has 0 bridgehead atoms. The third kappa shape index (κ3) is 2.09. The van der Waals surface area contributed by atoms with Gasteiger partial charge in [-0.05, 0) is 12.1 Å². The minimum Gasteiger partial charge on any atom is -0.397 e. The van der Waals surface area contributed by atoms with Gasteiger partial charge in [0, 0.05) is 23.5 Å². The van der Waals surface area contributed by atoms with E-state index >= 15 is 0 Å². The van der Waals surface area contributed by atoms with E-state index < -0.39 is 0 Å². The van der Waals surface area contributed by atoms with E-state index in [9.17, 15) is 0 Å². The second-order valence-corrected chi connectivity index (χ2v) is 3.97. The first-order chi connectivity index (χ1) is 9.75. The fourth-order valence-electron chi connectivity index (χ4n) is 1.67. The molecule has 0 saturated heterocycles. The zero-order valence-electron chi connectivity index (χ0n) is 10.3. The number of hydrogen-bond donors (Lipinski definition) is 2. The summed E-state index contributed by atoms with van der Waals surface area (Å²) < 4.78 is 0. The van der Waals surface area contributed by atoms with Gasteiger partial charge in [-0.15, -0.1) is 20.4 Å². The molecular formula is C12H10N8. The van der Waals surface area contributed by atoms with Crippen LogP contribution in [0.3, 0.4) is 0 Å². The van der Waals surface area contributed by atoms with E-state index in [1.807, 2.05) is 0 Å². The minimum atomic E-state index is 0.335. The number of nitrogens with zero attached hydrogens (tertiary/aromatic N) is 6. The monoisotopic (exact) mass is 266 g/mol. The van der Waals surface area contributed by atoms with Crippen molar-refractivity contribution in [2.24, 2.45) is 0 Å². The maximum atomic E-state index is 5.80. The molecular weight excluding hydrogens is 256 g/mol. The van der Waals surface area contributed by atoms with E-state index in [0.717, 1.165) is 0 Å². The highest BCUT2D eigenvalue weighted by atomic mass is 15.3. The van der Waals surface area contributed by atoms with Gasteiger partial charge in [0.1, 0.15) is 0 Å². The molecule has 0 spiro atoms. The molecule has 0 fully saturated rings. The number of nitrogens with two attached hydrogens (primary N) is 2. The van der Waals surface area contributed by atoms with Crippen molar-refractivity contribution in [2.75, 3.05) is 11.5 Å². The molecule has 0 aliphatic carbocycles. The van der Waals surface area contributed by atoms with E-state index in [4.69, 9.17) is 11.5 Å². The predicted molar refractivity (Wildman–Crippen MR) is 72.9 cm³/mol. The van der Waals surface area contributed by atoms with Crippen molar-refractivity contribution in [3.05, 3.63) is 36.9 Å². The Morgan fingerprint density at radius 3 is 1.40 bits per heavy atom. The van der Waals surface area contributed by atoms with E-state index in [0.29, 0.717) is 34.2 Å². The Labute approximate surface area is 113 Å². The number of anilines is 2. The van der Waals surface area contributed by atoms with Gasteiger partial charge in [0.2, 0.25) is 11.6 Å². The van der Waals surface area contributed by atoms with Crippen LogP contribution in [-0.4, -0.2) is 30.4 Å². The van der Waals surface area contributed by atoms with Crippen LogP contribution in [0.1, 0.15) is 0 Å². The second-order valence-electron chi connectivity index (χ2n) is 3.97. The average molecular weight is 266 g/mol. The van der Waals surface area contributed by atoms with Crippen LogP contribution in [0.2, 0.25) is 0 Å². The summed E-state index contributed by atoms with van der Waals surface area (Å²) >= 11 is 0. The van der Waals surface area contributed by atoms with Gasteiger partial charge < -0.3 is 11.5 Å². The highest BCUT2D eigenvalue weighted by Gasteiger charge is 2.10. The molecule has 3 aromatic rings. The quantitative estimate of drug-likeness (QED) is 0.688. The van der Waals surface area contributed by atoms with Crippen molar-refractivity contribution in [2.45, 2.75) is 0 Å². The molecule has 0 aliphatic heterocycles. The maximum absolute atomic E-state index is 5.80. The summed E-state index contributed by atoms with van der Waals surface area (Å²) in [4.78, 5) is 7.80. The van der Waals surface area contributed by atoms with Gasteiger partial charge >= 0.3 is 0 Å². The number of aromatic nitrogens is 6. The van der Waals surface area contributed by atoms with Crippen molar-refractivity contribution in [3.8, 4) is 22.8 Å². The molecule has 0 aromatic carbocycles. The van der Waals surface area contributed by atoms with Crippen molar-refractivity contribution >= 4 is 11.4 Å². The molecule has 98 valence electrons. The SMILES string of the molecule is Nc1cnccc1-c1nnc(-c2ccncc2N)nn1. The second kappa shape index (κ2) is 4.84. The van der Waals surface area contributed by atoms with Gasteiger partial charge in [0.25, 0.3) is 0 Å². The molecule has 0 unspecified atom stereocenters. The molecule has 8 nitrogen and oxygen atoms in total. The molecule has 4 N–H and O–H groups in total. The Kier molecular flexibility index (Phi) is 2.88. The first-order valence-electron chi connectivity index (χ1n) is 5.73. The first kappa shape index (κ1) is 11.9. The highest BCUT2D eigenvalue weighted by Crippen LogP contribution is 2.22. The van der Waals surface area contributed by atoms with Crippen LogP contribution in [-0.2, 0) is 0 Å². The van der Waals surface area contributed by atoms with Crippen LogP contribution in [0, 0.1) is 0 Å². The van der Waals surface area contributed by atoms with Gasteiger partial charge in [-0.2, -0.15) is 0 Å². The Morgan fingerprint density at radius 1 is 0.650 bits per heavy atom. The van der Waals surface area contributed by atoms with Gasteiger partial charge in [-0.3, -0.25) is 9.97 Å². The fourth-order valence-corrected chi connectivity index (χ4v) is 1.67. The molecule has 8 heteroatoms. The summed E-state index contributed by atoms with van der Waals surface area (Å²) in [6, 6.07) is 3.41. The third-order valence-electron chi connectivity index (χ3n) is 2.66. The largest absolute Gasteiger partial charge is 0.397 e. The molecule has 0 saturated carbocycles. The lowest BCUT2D eigenvalue weighted by Crippen LogP contribution is -2.03. The molecule has 3 aromatic heterocycles. The standard InChI is InChI=1S/C12H10N8/c13-9-5-15-3-1-7(9)11-17-19-12(20-18-11)8-2-4-16-6-10(8)14/h1-6H,13-14H2. The van der Waals surface area contributed by atoms with Crippen LogP contribution in [0.5, 0.6) is 0 Å². The molecule has 3 heterocycles. The summed E-state index contributed by atoms with van der Waals surface area (Å²) in [5.74, 6) is 0.669. The van der Waals surface area contributed by atoms with E-state index in [-0.39, 0.29) is 0 Å². The molecule has 20 heavy (non-hydrogen) atoms. The number of nitrogen functional groups attached to an aromatic ring is 2. The average Bonchev–Trinajstić information content (AvgIpc) is 2.49. The smallest absolute Gasteiger partial charge is 0.205 e. The van der Waals surface area contributed by atoms with Crippen LogP contribution in [0.25, 0.3) is 22.8 Å². The number of hydrogen-bond acceptors (Lipinski definition) is 8. The van der Waals surface area contributed by atoms with E-state index in [1.165, 1.54) is 12.4 Å². The molecule has 0 radical (unpaired) electrons. The van der Waals surface area contributed by atoms with Crippen molar-refractivity contribution in [1.82, 2.24) is 30.4 Å². The maximum Gasteiger partial charge on any atom is 0.205 e. The summed E-state index contributed by atoms with van der Waals surface area (Å²) in [7, 11) is 0. The summed E-state index contributed by atoms with van der Waals surface area (Å²) in [5, 5.41) is 16.1. The molecule has 0 amide bonds. The van der Waals surface area contributed by atoms with E-state index in [2.05, 4.69) is 30.4 Å². The number of rotatable bonds is 2. The Morgan fingerprint density at radius 2 is 1.05 bits per heavy atom. The third-order valence-corrected chi connectivity index (χ3v) is 2.66. The lowest BCUT2D eigenvalue weighted by atomic mass is 10.2. The lowest BCUT2D eigenvalue weighted by Gasteiger charge is -2.04. The zero-order chi connectivity index (χ0) is 13.9. The van der Waals surface area contributed by atoms with Gasteiger partial charge in [0.05, 0.1) is 23.8 Å². The van der Waals surface area contributed by atoms with Crippen molar-refractivity contribution < 1.29 is 0 Å². The fraction of sp³-hybridized carbons (Fsp3) is 0. The summed E-state index contributed by atoms with van der Waals surface area (Å²) in [6.07, 6.45) is 6.24. The van der Waals surface area contributed by atoms with Gasteiger partial charge in [-0.1, -0.05) is 0 Å². The minimum absolute atomic E-state index is 0.335. The Balaban J connectivity index is 2.01. The van der Waals surface area contributed by atoms with Crippen LogP contribution in [0.4, 0.5) is 11.4 Å². The van der Waals surface area contributed by atoms with Gasteiger partial charge in [-0.25, -0.2) is 0 Å². The van der Waals surface area contributed by atoms with Crippen LogP contribution in [0.15, 0.2) is 36.9 Å². The predicted octanol–water partition coefficient (Wildman–Crippen LogP) is 0.555. The highest BCUT2D eigenvalue weighted by molar-refractivity contribution is 5.71. The van der Waals surface area contributed by atoms with Gasteiger partial charge in [0.15, 0.2) is 0 Å². The molecule has 0 aliphatic rings. The van der Waals surface area contributed by atoms with Crippen molar-refractivity contribution in [1.29, 1.82) is 0 Å². The Bertz CT molecular complexity index is 676. The van der Waals surface area contributed by atoms with Crippen molar-refractivity contribution in [3.63, 3.8) is 0 Å². The normalized spacial score (nSPS) is 10.4. The number of pyridine rings is 2. The van der Waals surface area contributed by atoms with E-state index in [1.54, 1.807) is 24.5 Å².